The van der Waals surface area contributed by atoms with Crippen molar-refractivity contribution < 1.29 is 13.2 Å². The number of sulfonamides is 1. The number of aryl methyl sites for hydroxylation is 2. The first-order chi connectivity index (χ1) is 13.7. The zero-order chi connectivity index (χ0) is 21.6. The molecule has 0 bridgehead atoms. The topological polar surface area (TPSA) is 78.5 Å². The van der Waals surface area contributed by atoms with Crippen molar-refractivity contribution >= 4 is 21.6 Å². The van der Waals surface area contributed by atoms with Gasteiger partial charge in [0.1, 0.15) is 0 Å². The van der Waals surface area contributed by atoms with E-state index in [0.717, 1.165) is 22.4 Å². The first-order valence-corrected chi connectivity index (χ1v) is 11.3. The van der Waals surface area contributed by atoms with E-state index in [1.54, 1.807) is 24.3 Å². The van der Waals surface area contributed by atoms with Crippen LogP contribution in [0.5, 0.6) is 0 Å². The van der Waals surface area contributed by atoms with E-state index >= 15 is 0 Å². The Morgan fingerprint density at radius 2 is 1.55 bits per heavy atom. The van der Waals surface area contributed by atoms with Crippen molar-refractivity contribution in [3.63, 3.8) is 0 Å². The summed E-state index contributed by atoms with van der Waals surface area (Å²) < 4.78 is 26.6. The quantitative estimate of drug-likeness (QED) is 0.653. The monoisotopic (exact) mass is 417 g/mol. The van der Waals surface area contributed by atoms with Crippen molar-refractivity contribution in [3.8, 4) is 0 Å². The number of amides is 1. The smallest absolute Gasteiger partial charge is 0.243 e. The first-order valence-electron chi connectivity index (χ1n) is 9.89. The maximum Gasteiger partial charge on any atom is 0.243 e. The number of carbonyl (C=O) groups is 1. The van der Waals surface area contributed by atoms with Gasteiger partial charge in [-0.25, -0.2) is 8.42 Å². The number of hydrogen-bond acceptors (Lipinski definition) is 4. The number of hydrogen-bond donors (Lipinski definition) is 2. The molecule has 6 nitrogen and oxygen atoms in total. The molecule has 0 saturated heterocycles. The average Bonchev–Trinajstić information content (AvgIpc) is 2.66. The third kappa shape index (κ3) is 6.13. The lowest BCUT2D eigenvalue weighted by Crippen LogP contribution is -2.31. The molecule has 29 heavy (non-hydrogen) atoms. The summed E-state index contributed by atoms with van der Waals surface area (Å²) in [5.74, 6) is -0.123. The molecule has 1 amide bonds. The van der Waals surface area contributed by atoms with E-state index in [9.17, 15) is 13.2 Å². The summed E-state index contributed by atoms with van der Waals surface area (Å²) in [5.41, 5.74) is 3.90. The Hall–Kier alpha value is -2.22. The maximum absolute atomic E-state index is 12.6. The molecule has 2 rings (SSSR count). The number of anilines is 1. The van der Waals surface area contributed by atoms with Gasteiger partial charge in [0.25, 0.3) is 0 Å². The molecule has 0 spiro atoms. The van der Waals surface area contributed by atoms with Crippen molar-refractivity contribution in [2.45, 2.75) is 45.6 Å². The fourth-order valence-corrected chi connectivity index (χ4v) is 4.71. The lowest BCUT2D eigenvalue weighted by molar-refractivity contribution is -0.115. The summed E-state index contributed by atoms with van der Waals surface area (Å²) in [7, 11) is -3.46. The molecule has 0 aliphatic heterocycles. The molecule has 158 valence electrons. The van der Waals surface area contributed by atoms with E-state index in [4.69, 9.17) is 0 Å². The SMILES string of the molecule is CCN(CC)S(=O)(=O)c1ccc([C@@H](C)NCC(=O)Nc2cc(C)cc(C)c2)cc1. The van der Waals surface area contributed by atoms with Gasteiger partial charge in [-0.1, -0.05) is 32.0 Å². The molecule has 0 radical (unpaired) electrons. The predicted molar refractivity (Wildman–Crippen MR) is 118 cm³/mol. The van der Waals surface area contributed by atoms with Gasteiger partial charge in [-0.15, -0.1) is 0 Å². The van der Waals surface area contributed by atoms with Gasteiger partial charge in [0.05, 0.1) is 11.4 Å². The van der Waals surface area contributed by atoms with Crippen LogP contribution in [0.25, 0.3) is 0 Å². The normalized spacial score (nSPS) is 12.8. The van der Waals surface area contributed by atoms with E-state index in [1.165, 1.54) is 4.31 Å². The zero-order valence-corrected chi connectivity index (χ0v) is 18.6. The van der Waals surface area contributed by atoms with Gasteiger partial charge in [-0.2, -0.15) is 4.31 Å². The molecule has 0 heterocycles. The van der Waals surface area contributed by atoms with Crippen LogP contribution in [0, 0.1) is 13.8 Å². The summed E-state index contributed by atoms with van der Waals surface area (Å²) in [6, 6.07) is 12.6. The van der Waals surface area contributed by atoms with Gasteiger partial charge in [0.2, 0.25) is 15.9 Å². The van der Waals surface area contributed by atoms with E-state index in [-0.39, 0.29) is 23.4 Å². The van der Waals surface area contributed by atoms with Gasteiger partial charge >= 0.3 is 0 Å². The highest BCUT2D eigenvalue weighted by molar-refractivity contribution is 7.89. The van der Waals surface area contributed by atoms with Crippen LogP contribution in [-0.4, -0.2) is 38.3 Å². The van der Waals surface area contributed by atoms with Crippen LogP contribution in [-0.2, 0) is 14.8 Å². The summed E-state index contributed by atoms with van der Waals surface area (Å²) in [6.45, 7) is 10.6. The van der Waals surface area contributed by atoms with Crippen LogP contribution >= 0.6 is 0 Å². The second kappa shape index (κ2) is 10.0. The molecule has 1 atom stereocenters. The molecule has 0 unspecified atom stereocenters. The van der Waals surface area contributed by atoms with Crippen molar-refractivity contribution in [1.82, 2.24) is 9.62 Å². The standard InChI is InChI=1S/C22H31N3O3S/c1-6-25(7-2)29(27,28)21-10-8-19(9-11-21)18(5)23-15-22(26)24-20-13-16(3)12-17(4)14-20/h8-14,18,23H,6-7,15H2,1-5H3,(H,24,26)/t18-/m1/s1. The summed E-state index contributed by atoms with van der Waals surface area (Å²) >= 11 is 0. The fraction of sp³-hybridized carbons (Fsp3) is 0.409. The molecule has 0 fully saturated rings. The Labute approximate surface area is 174 Å². The van der Waals surface area contributed by atoms with E-state index in [1.807, 2.05) is 46.8 Å². The second-order valence-corrected chi connectivity index (χ2v) is 9.12. The molecule has 2 N–H and O–H groups in total. The lowest BCUT2D eigenvalue weighted by atomic mass is 10.1. The lowest BCUT2D eigenvalue weighted by Gasteiger charge is -2.19. The number of nitrogens with zero attached hydrogens (tertiary/aromatic N) is 1. The summed E-state index contributed by atoms with van der Waals surface area (Å²) in [6.07, 6.45) is 0. The largest absolute Gasteiger partial charge is 0.325 e. The molecule has 0 aromatic heterocycles. The van der Waals surface area contributed by atoms with Gasteiger partial charge in [-0.05, 0) is 61.7 Å². The Morgan fingerprint density at radius 3 is 2.07 bits per heavy atom. The van der Waals surface area contributed by atoms with E-state index < -0.39 is 10.0 Å². The molecule has 7 heteroatoms. The number of carbonyl (C=O) groups excluding carboxylic acids is 1. The highest BCUT2D eigenvalue weighted by atomic mass is 32.2. The van der Waals surface area contributed by atoms with Crippen molar-refractivity contribution in [2.24, 2.45) is 0 Å². The van der Waals surface area contributed by atoms with Gasteiger partial charge in [0, 0.05) is 24.8 Å². The third-order valence-corrected chi connectivity index (χ3v) is 6.86. The predicted octanol–water partition coefficient (Wildman–Crippen LogP) is 3.62. The highest BCUT2D eigenvalue weighted by Gasteiger charge is 2.21. The molecular weight excluding hydrogens is 386 g/mol. The van der Waals surface area contributed by atoms with Crippen LogP contribution in [0.3, 0.4) is 0 Å². The number of benzene rings is 2. The minimum absolute atomic E-state index is 0.0924. The Kier molecular flexibility index (Phi) is 7.96. The number of rotatable bonds is 9. The zero-order valence-electron chi connectivity index (χ0n) is 17.8. The minimum atomic E-state index is -3.46. The van der Waals surface area contributed by atoms with Crippen LogP contribution in [0.2, 0.25) is 0 Å². The van der Waals surface area contributed by atoms with Crippen LogP contribution in [0.1, 0.15) is 43.5 Å². The molecule has 0 aliphatic rings. The van der Waals surface area contributed by atoms with Crippen LogP contribution in [0.15, 0.2) is 47.4 Å². The van der Waals surface area contributed by atoms with E-state index in [0.29, 0.717) is 13.1 Å². The molecular formula is C22H31N3O3S. The van der Waals surface area contributed by atoms with Gasteiger partial charge < -0.3 is 10.6 Å². The Morgan fingerprint density at radius 1 is 1.00 bits per heavy atom. The highest BCUT2D eigenvalue weighted by Crippen LogP contribution is 2.19. The second-order valence-electron chi connectivity index (χ2n) is 7.19. The molecule has 0 saturated carbocycles. The maximum atomic E-state index is 12.6. The summed E-state index contributed by atoms with van der Waals surface area (Å²) in [5, 5.41) is 6.08. The first kappa shape index (κ1) is 23.1. The summed E-state index contributed by atoms with van der Waals surface area (Å²) in [4.78, 5) is 12.5. The van der Waals surface area contributed by atoms with Crippen molar-refractivity contribution in [2.75, 3.05) is 25.0 Å². The van der Waals surface area contributed by atoms with Crippen LogP contribution in [0.4, 0.5) is 5.69 Å². The Bertz CT molecular complexity index is 916. The van der Waals surface area contributed by atoms with Crippen molar-refractivity contribution in [1.29, 1.82) is 0 Å². The van der Waals surface area contributed by atoms with E-state index in [2.05, 4.69) is 16.7 Å². The van der Waals surface area contributed by atoms with Crippen molar-refractivity contribution in [3.05, 3.63) is 59.2 Å². The fourth-order valence-electron chi connectivity index (χ4n) is 3.26. The number of nitrogens with one attached hydrogen (secondary N) is 2. The average molecular weight is 418 g/mol. The minimum Gasteiger partial charge on any atom is -0.325 e. The molecule has 2 aromatic carbocycles. The van der Waals surface area contributed by atoms with Gasteiger partial charge in [0.15, 0.2) is 0 Å². The molecule has 2 aromatic rings. The Balaban J connectivity index is 1.97. The third-order valence-electron chi connectivity index (χ3n) is 4.80. The van der Waals surface area contributed by atoms with Crippen LogP contribution < -0.4 is 10.6 Å². The molecule has 0 aliphatic carbocycles. The van der Waals surface area contributed by atoms with Gasteiger partial charge in [-0.3, -0.25) is 4.79 Å².